The van der Waals surface area contributed by atoms with Crippen LogP contribution in [0.1, 0.15) is 45.6 Å². The van der Waals surface area contributed by atoms with Crippen LogP contribution in [0.25, 0.3) is 11.3 Å². The minimum absolute atomic E-state index is 0.128. The van der Waals surface area contributed by atoms with Crippen molar-refractivity contribution in [1.29, 1.82) is 0 Å². The Kier molecular flexibility index (Phi) is 3.75. The zero-order chi connectivity index (χ0) is 14.9. The lowest BCUT2D eigenvalue weighted by Crippen LogP contribution is -2.28. The van der Waals surface area contributed by atoms with E-state index in [4.69, 9.17) is 0 Å². The molecule has 1 N–H and O–H groups in total. The fraction of sp³-hybridized carbons (Fsp3) is 0.500. The minimum atomic E-state index is 0.128. The maximum atomic E-state index is 4.44. The molecular weight excluding hydrogens is 258 g/mol. The second kappa shape index (κ2) is 5.55. The van der Waals surface area contributed by atoms with Crippen LogP contribution in [0, 0.1) is 0 Å². The van der Waals surface area contributed by atoms with Gasteiger partial charge >= 0.3 is 0 Å². The van der Waals surface area contributed by atoms with Crippen LogP contribution in [0.5, 0.6) is 0 Å². The molecule has 112 valence electrons. The van der Waals surface area contributed by atoms with E-state index in [1.165, 1.54) is 35.3 Å². The number of rotatable bonds is 4. The van der Waals surface area contributed by atoms with Gasteiger partial charge in [0.05, 0.1) is 18.2 Å². The highest BCUT2D eigenvalue weighted by Crippen LogP contribution is 2.37. The third kappa shape index (κ3) is 2.35. The summed E-state index contributed by atoms with van der Waals surface area (Å²) in [4.78, 5) is 4.44. The van der Waals surface area contributed by atoms with Crippen molar-refractivity contribution in [3.8, 4) is 11.3 Å². The van der Waals surface area contributed by atoms with Crippen LogP contribution >= 0.6 is 0 Å². The van der Waals surface area contributed by atoms with Crippen LogP contribution in [-0.2, 0) is 12.0 Å². The first-order valence-electron chi connectivity index (χ1n) is 8.08. The molecule has 0 radical (unpaired) electrons. The number of anilines is 1. The third-order valence-electron chi connectivity index (χ3n) is 5.09. The second-order valence-corrected chi connectivity index (χ2v) is 6.22. The van der Waals surface area contributed by atoms with Crippen molar-refractivity contribution in [3.05, 3.63) is 36.3 Å². The number of hydrogen-bond acceptors (Lipinski definition) is 2. The van der Waals surface area contributed by atoms with Crippen LogP contribution in [0.2, 0.25) is 0 Å². The van der Waals surface area contributed by atoms with Crippen LogP contribution in [0.15, 0.2) is 30.7 Å². The number of hydrogen-bond donors (Lipinski definition) is 1. The summed E-state index contributed by atoms with van der Waals surface area (Å²) >= 11 is 0. The maximum absolute atomic E-state index is 4.44. The smallest absolute Gasteiger partial charge is 0.0956 e. The van der Waals surface area contributed by atoms with Gasteiger partial charge in [-0.15, -0.1) is 0 Å². The van der Waals surface area contributed by atoms with Gasteiger partial charge in [-0.05, 0) is 38.2 Å². The summed E-state index contributed by atoms with van der Waals surface area (Å²) in [5, 5.41) is 3.59. The molecule has 3 nitrogen and oxygen atoms in total. The van der Waals surface area contributed by atoms with E-state index in [2.05, 4.69) is 53.8 Å². The minimum Gasteiger partial charge on any atom is -0.384 e. The van der Waals surface area contributed by atoms with Gasteiger partial charge in [-0.1, -0.05) is 32.0 Å². The van der Waals surface area contributed by atoms with Gasteiger partial charge in [0.15, 0.2) is 0 Å². The Bertz CT molecular complexity index is 623. The Labute approximate surface area is 127 Å². The van der Waals surface area contributed by atoms with Crippen molar-refractivity contribution < 1.29 is 0 Å². The molecule has 0 atom stereocenters. The zero-order valence-corrected chi connectivity index (χ0v) is 13.3. The molecule has 1 aliphatic rings. The van der Waals surface area contributed by atoms with Crippen molar-refractivity contribution in [1.82, 2.24) is 9.55 Å². The summed E-state index contributed by atoms with van der Waals surface area (Å²) in [5.74, 6) is 0. The van der Waals surface area contributed by atoms with Gasteiger partial charge in [0.1, 0.15) is 0 Å². The van der Waals surface area contributed by atoms with E-state index in [0.29, 0.717) is 0 Å². The van der Waals surface area contributed by atoms with Gasteiger partial charge in [-0.25, -0.2) is 4.98 Å². The highest BCUT2D eigenvalue weighted by atomic mass is 15.1. The van der Waals surface area contributed by atoms with Crippen LogP contribution in [0.3, 0.4) is 0 Å². The number of aromatic nitrogens is 2. The van der Waals surface area contributed by atoms with E-state index in [1.807, 2.05) is 12.5 Å². The molecule has 2 heterocycles. The molecule has 3 heteroatoms. The number of benzene rings is 1. The van der Waals surface area contributed by atoms with E-state index in [1.54, 1.807) is 0 Å². The van der Waals surface area contributed by atoms with Crippen molar-refractivity contribution >= 4 is 5.69 Å². The van der Waals surface area contributed by atoms with Gasteiger partial charge in [-0.2, -0.15) is 0 Å². The summed E-state index contributed by atoms with van der Waals surface area (Å²) in [6, 6.07) is 6.63. The van der Waals surface area contributed by atoms with E-state index in [-0.39, 0.29) is 5.54 Å². The predicted octanol–water partition coefficient (Wildman–Crippen LogP) is 4.44. The molecule has 2 aromatic rings. The lowest BCUT2D eigenvalue weighted by atomic mass is 9.93. The molecule has 0 unspecified atom stereocenters. The first kappa shape index (κ1) is 14.2. The van der Waals surface area contributed by atoms with Gasteiger partial charge in [0.2, 0.25) is 0 Å². The lowest BCUT2D eigenvalue weighted by molar-refractivity contribution is 0.297. The average Bonchev–Trinajstić information content (AvgIpc) is 3.03. The molecule has 21 heavy (non-hydrogen) atoms. The highest BCUT2D eigenvalue weighted by Gasteiger charge is 2.26. The summed E-state index contributed by atoms with van der Waals surface area (Å²) in [7, 11) is 0. The van der Waals surface area contributed by atoms with E-state index in [9.17, 15) is 0 Å². The molecule has 0 aliphatic carbocycles. The van der Waals surface area contributed by atoms with Crippen molar-refractivity contribution in [2.45, 2.75) is 52.0 Å². The maximum Gasteiger partial charge on any atom is 0.0956 e. The summed E-state index contributed by atoms with van der Waals surface area (Å²) in [6.45, 7) is 7.90. The van der Waals surface area contributed by atoms with E-state index in [0.717, 1.165) is 19.4 Å². The van der Waals surface area contributed by atoms with Crippen LogP contribution in [0.4, 0.5) is 5.69 Å². The van der Waals surface area contributed by atoms with Crippen LogP contribution < -0.4 is 5.32 Å². The van der Waals surface area contributed by atoms with Crippen molar-refractivity contribution in [2.75, 3.05) is 11.9 Å². The summed E-state index contributed by atoms with van der Waals surface area (Å²) < 4.78 is 2.36. The normalized spacial score (nSPS) is 14.6. The Morgan fingerprint density at radius 2 is 2.10 bits per heavy atom. The Morgan fingerprint density at radius 3 is 2.86 bits per heavy atom. The quantitative estimate of drug-likeness (QED) is 0.898. The van der Waals surface area contributed by atoms with E-state index < -0.39 is 0 Å². The molecule has 0 bridgehead atoms. The molecule has 1 aromatic heterocycles. The molecule has 0 amide bonds. The van der Waals surface area contributed by atoms with Crippen LogP contribution in [-0.4, -0.2) is 16.1 Å². The van der Waals surface area contributed by atoms with E-state index >= 15 is 0 Å². The number of aryl methyl sites for hydroxylation is 1. The monoisotopic (exact) mass is 283 g/mol. The standard InChI is InChI=1S/C18H25N3/c1-4-18(3,5-2)21-13-19-12-16(21)15-10-6-8-14-9-7-11-20-17(14)15/h6,8,10,12-13,20H,4-5,7,9,11H2,1-3H3. The number of imidazole rings is 1. The fourth-order valence-corrected chi connectivity index (χ4v) is 3.24. The number of fused-ring (bicyclic) bond motifs is 1. The predicted molar refractivity (Wildman–Crippen MR) is 88.7 cm³/mol. The molecule has 1 aliphatic heterocycles. The van der Waals surface area contributed by atoms with Gasteiger partial charge in [0.25, 0.3) is 0 Å². The molecule has 3 rings (SSSR count). The lowest BCUT2D eigenvalue weighted by Gasteiger charge is -2.31. The summed E-state index contributed by atoms with van der Waals surface area (Å²) in [5.41, 5.74) is 5.38. The first-order valence-corrected chi connectivity index (χ1v) is 8.08. The third-order valence-corrected chi connectivity index (χ3v) is 5.09. The Morgan fingerprint density at radius 1 is 1.29 bits per heavy atom. The number of para-hydroxylation sites is 1. The molecule has 1 aromatic carbocycles. The summed E-state index contributed by atoms with van der Waals surface area (Å²) in [6.07, 6.45) is 8.60. The van der Waals surface area contributed by atoms with Gasteiger partial charge in [0, 0.05) is 23.3 Å². The molecule has 0 saturated heterocycles. The number of nitrogens with one attached hydrogen (secondary N) is 1. The molecular formula is C18H25N3. The first-order chi connectivity index (χ1) is 10.2. The van der Waals surface area contributed by atoms with Crippen molar-refractivity contribution in [2.24, 2.45) is 0 Å². The number of nitrogens with zero attached hydrogens (tertiary/aromatic N) is 2. The highest BCUT2D eigenvalue weighted by molar-refractivity contribution is 5.79. The average molecular weight is 283 g/mol. The second-order valence-electron chi connectivity index (χ2n) is 6.22. The Hall–Kier alpha value is -1.77. The van der Waals surface area contributed by atoms with Gasteiger partial charge in [-0.3, -0.25) is 0 Å². The molecule has 0 spiro atoms. The zero-order valence-electron chi connectivity index (χ0n) is 13.3. The Balaban J connectivity index is 2.13. The van der Waals surface area contributed by atoms with Gasteiger partial charge < -0.3 is 9.88 Å². The van der Waals surface area contributed by atoms with Crippen molar-refractivity contribution in [3.63, 3.8) is 0 Å². The molecule has 0 saturated carbocycles. The largest absolute Gasteiger partial charge is 0.384 e. The molecule has 0 fully saturated rings. The topological polar surface area (TPSA) is 29.9 Å². The fourth-order valence-electron chi connectivity index (χ4n) is 3.24. The SMILES string of the molecule is CCC(C)(CC)n1cncc1-c1cccc2c1NCCC2.